The predicted molar refractivity (Wildman–Crippen MR) is 128 cm³/mol. The molecule has 2 aromatic rings. The molecule has 3 atom stereocenters. The van der Waals surface area contributed by atoms with Crippen molar-refractivity contribution >= 4 is 11.9 Å². The van der Waals surface area contributed by atoms with Gasteiger partial charge in [0.1, 0.15) is 11.5 Å². The lowest BCUT2D eigenvalue weighted by molar-refractivity contribution is -0.504. The van der Waals surface area contributed by atoms with Gasteiger partial charge in [-0.3, -0.25) is 0 Å². The highest BCUT2D eigenvalue weighted by Crippen LogP contribution is 2.51. The van der Waals surface area contributed by atoms with E-state index in [2.05, 4.69) is 34.6 Å². The van der Waals surface area contributed by atoms with E-state index in [1.165, 1.54) is 0 Å². The van der Waals surface area contributed by atoms with Crippen LogP contribution in [0.25, 0.3) is 0 Å². The smallest absolute Gasteiger partial charge is 0.246 e. The maximum Gasteiger partial charge on any atom is 0.397 e. The molecule has 1 aliphatic heterocycles. The third kappa shape index (κ3) is 4.49. The lowest BCUT2D eigenvalue weighted by Crippen LogP contribution is -2.58. The lowest BCUT2D eigenvalue weighted by Gasteiger charge is -2.47. The number of carbonyl (C=O) groups is 2. The molecule has 0 spiro atoms. The van der Waals surface area contributed by atoms with Gasteiger partial charge in [0.15, 0.2) is 0 Å². The number of rotatable bonds is 7. The van der Waals surface area contributed by atoms with Gasteiger partial charge < -0.3 is 0 Å². The monoisotopic (exact) mass is 468 g/mol. The highest BCUT2D eigenvalue weighted by Gasteiger charge is 2.60. The average Bonchev–Trinajstić information content (AvgIpc) is 2.77. The van der Waals surface area contributed by atoms with Gasteiger partial charge >= 0.3 is 11.9 Å². The van der Waals surface area contributed by atoms with E-state index in [0.717, 1.165) is 12.0 Å². The summed E-state index contributed by atoms with van der Waals surface area (Å²) in [5.41, 5.74) is -1.70. The molecule has 34 heavy (non-hydrogen) atoms. The third-order valence-electron chi connectivity index (χ3n) is 6.87. The molecule has 0 N–H and O–H groups in total. The summed E-state index contributed by atoms with van der Waals surface area (Å²) in [7, 11) is 0. The Bertz CT molecular complexity index is 995. The van der Waals surface area contributed by atoms with Gasteiger partial charge in [0.25, 0.3) is 5.60 Å². The maximum absolute atomic E-state index is 13.8. The van der Waals surface area contributed by atoms with E-state index < -0.39 is 34.5 Å². The van der Waals surface area contributed by atoms with E-state index in [9.17, 15) is 9.59 Å². The van der Waals surface area contributed by atoms with E-state index in [-0.39, 0.29) is 5.41 Å². The molecular weight excluding hydrogens is 432 g/mol. The minimum absolute atomic E-state index is 0.0421. The zero-order valence-electron chi connectivity index (χ0n) is 21.2. The van der Waals surface area contributed by atoms with Crippen molar-refractivity contribution in [3.63, 3.8) is 0 Å². The number of hydrogen-bond acceptors (Lipinski definition) is 6. The van der Waals surface area contributed by atoms with Gasteiger partial charge in [0.05, 0.1) is 0 Å². The number of hydrogen-bond donors (Lipinski definition) is 0. The standard InChI is InChI=1S/C28H36O6/c1-8-27(21-15-11-9-12-16-21,26(6,7)19-25(3,4)5)23(29)32-33-24(30)28(20(2)31-34-28)22-17-13-10-14-18-22/h9-18,20H,8,19H2,1-7H3. The summed E-state index contributed by atoms with van der Waals surface area (Å²) >= 11 is 0. The quantitative estimate of drug-likeness (QED) is 0.364. The SMILES string of the molecule is CCC(C(=O)OOC(=O)C1(c2ccccc2)OOC1C)(c1ccccc1)C(C)(C)CC(C)(C)C. The Hall–Kier alpha value is -2.70. The van der Waals surface area contributed by atoms with E-state index in [4.69, 9.17) is 19.6 Å². The van der Waals surface area contributed by atoms with Gasteiger partial charge in [-0.25, -0.2) is 29.1 Å². The van der Waals surface area contributed by atoms with E-state index in [1.807, 2.05) is 43.3 Å². The first-order valence-corrected chi connectivity index (χ1v) is 11.8. The van der Waals surface area contributed by atoms with Crippen LogP contribution in [0.15, 0.2) is 60.7 Å². The molecule has 1 fully saturated rings. The van der Waals surface area contributed by atoms with Crippen LogP contribution in [-0.4, -0.2) is 18.0 Å². The molecule has 1 aliphatic rings. The van der Waals surface area contributed by atoms with E-state index >= 15 is 0 Å². The molecule has 0 aromatic heterocycles. The minimum Gasteiger partial charge on any atom is -0.246 e. The average molecular weight is 469 g/mol. The lowest BCUT2D eigenvalue weighted by atomic mass is 9.56. The van der Waals surface area contributed by atoms with Crippen molar-refractivity contribution in [1.29, 1.82) is 0 Å². The predicted octanol–water partition coefficient (Wildman–Crippen LogP) is 6.04. The van der Waals surface area contributed by atoms with Crippen LogP contribution < -0.4 is 0 Å². The highest BCUT2D eigenvalue weighted by atomic mass is 17.3. The molecule has 0 amide bonds. The fourth-order valence-electron chi connectivity index (χ4n) is 5.55. The number of carbonyl (C=O) groups excluding carboxylic acids is 2. The van der Waals surface area contributed by atoms with Gasteiger partial charge in [-0.05, 0) is 36.2 Å². The van der Waals surface area contributed by atoms with Crippen molar-refractivity contribution in [1.82, 2.24) is 0 Å². The van der Waals surface area contributed by atoms with Gasteiger partial charge in [-0.15, -0.1) is 0 Å². The van der Waals surface area contributed by atoms with Crippen molar-refractivity contribution in [3.8, 4) is 0 Å². The molecule has 3 unspecified atom stereocenters. The van der Waals surface area contributed by atoms with Crippen LogP contribution in [0.3, 0.4) is 0 Å². The Labute approximate surface area is 202 Å². The summed E-state index contributed by atoms with van der Waals surface area (Å²) in [5, 5.41) is 0. The Balaban J connectivity index is 1.93. The number of benzene rings is 2. The molecule has 1 saturated heterocycles. The Kier molecular flexibility index (Phi) is 7.25. The molecular formula is C28H36O6. The maximum atomic E-state index is 13.8. The second-order valence-electron chi connectivity index (χ2n) is 10.9. The molecule has 1 heterocycles. The van der Waals surface area contributed by atoms with Crippen LogP contribution in [0.2, 0.25) is 0 Å². The molecule has 6 heteroatoms. The largest absolute Gasteiger partial charge is 0.397 e. The van der Waals surface area contributed by atoms with Crippen LogP contribution >= 0.6 is 0 Å². The summed E-state index contributed by atoms with van der Waals surface area (Å²) in [5.74, 6) is -1.45. The molecule has 0 bridgehead atoms. The van der Waals surface area contributed by atoms with Crippen molar-refractivity contribution < 1.29 is 29.1 Å². The first-order chi connectivity index (χ1) is 15.9. The highest BCUT2D eigenvalue weighted by molar-refractivity contribution is 5.86. The van der Waals surface area contributed by atoms with Gasteiger partial charge in [-0.2, -0.15) is 0 Å². The van der Waals surface area contributed by atoms with Crippen molar-refractivity contribution in [2.45, 2.75) is 78.4 Å². The topological polar surface area (TPSA) is 71.1 Å². The second kappa shape index (κ2) is 9.51. The molecule has 0 saturated carbocycles. The van der Waals surface area contributed by atoms with Crippen molar-refractivity contribution in [2.24, 2.45) is 10.8 Å². The summed E-state index contributed by atoms with van der Waals surface area (Å²) in [6, 6.07) is 18.5. The Morgan fingerprint density at radius 2 is 1.47 bits per heavy atom. The summed E-state index contributed by atoms with van der Waals surface area (Å²) in [4.78, 5) is 47.9. The van der Waals surface area contributed by atoms with Crippen LogP contribution in [0.5, 0.6) is 0 Å². The molecule has 2 aromatic carbocycles. The zero-order chi connectivity index (χ0) is 25.2. The minimum atomic E-state index is -1.50. The van der Waals surface area contributed by atoms with E-state index in [0.29, 0.717) is 12.0 Å². The summed E-state index contributed by atoms with van der Waals surface area (Å²) in [6.07, 6.45) is 0.604. The summed E-state index contributed by atoms with van der Waals surface area (Å²) in [6.45, 7) is 14.2. The fraction of sp³-hybridized carbons (Fsp3) is 0.500. The van der Waals surface area contributed by atoms with Crippen LogP contribution in [0.4, 0.5) is 0 Å². The van der Waals surface area contributed by atoms with Crippen LogP contribution in [0, 0.1) is 10.8 Å². The fourth-order valence-corrected chi connectivity index (χ4v) is 5.55. The molecule has 0 aliphatic carbocycles. The third-order valence-corrected chi connectivity index (χ3v) is 6.87. The van der Waals surface area contributed by atoms with Gasteiger partial charge in [-0.1, -0.05) is 102 Å². The molecule has 0 radical (unpaired) electrons. The summed E-state index contributed by atoms with van der Waals surface area (Å²) < 4.78 is 0. The molecule has 184 valence electrons. The molecule has 6 nitrogen and oxygen atoms in total. The van der Waals surface area contributed by atoms with Crippen molar-refractivity contribution in [2.75, 3.05) is 0 Å². The van der Waals surface area contributed by atoms with Crippen LogP contribution in [-0.2, 0) is 40.2 Å². The van der Waals surface area contributed by atoms with Gasteiger partial charge in [0, 0.05) is 5.56 Å². The first kappa shape index (κ1) is 25.9. The first-order valence-electron chi connectivity index (χ1n) is 11.8. The van der Waals surface area contributed by atoms with E-state index in [1.54, 1.807) is 31.2 Å². The Morgan fingerprint density at radius 3 is 1.91 bits per heavy atom. The van der Waals surface area contributed by atoms with Gasteiger partial charge in [0.2, 0.25) is 0 Å². The molecule has 3 rings (SSSR count). The second-order valence-corrected chi connectivity index (χ2v) is 10.9. The zero-order valence-corrected chi connectivity index (χ0v) is 21.2. The van der Waals surface area contributed by atoms with Crippen LogP contribution in [0.1, 0.15) is 72.4 Å². The normalized spacial score (nSPS) is 22.3. The Morgan fingerprint density at radius 1 is 0.912 bits per heavy atom. The van der Waals surface area contributed by atoms with Crippen molar-refractivity contribution in [3.05, 3.63) is 71.8 Å².